The van der Waals surface area contributed by atoms with Crippen LogP contribution in [0.4, 0.5) is 5.69 Å². The number of amides is 1. The highest BCUT2D eigenvalue weighted by Gasteiger charge is 2.14. The molecule has 0 bridgehead atoms. The molecule has 1 N–H and O–H groups in total. The lowest BCUT2D eigenvalue weighted by molar-refractivity contribution is 0.101. The molecule has 4 aromatic rings. The molecule has 4 nitrogen and oxygen atoms in total. The lowest BCUT2D eigenvalue weighted by atomic mass is 10.1. The van der Waals surface area contributed by atoms with Crippen molar-refractivity contribution in [1.29, 1.82) is 0 Å². The largest absolute Gasteiger partial charge is 0.355 e. The van der Waals surface area contributed by atoms with Crippen molar-refractivity contribution in [2.45, 2.75) is 0 Å². The van der Waals surface area contributed by atoms with Crippen LogP contribution in [0.25, 0.3) is 22.1 Å². The summed E-state index contributed by atoms with van der Waals surface area (Å²) in [4.78, 5) is 12.5. The number of nitrogens with one attached hydrogen (secondary N) is 1. The number of fused-ring (bicyclic) bond motifs is 1. The van der Waals surface area contributed by atoms with Crippen molar-refractivity contribution < 1.29 is 9.32 Å². The van der Waals surface area contributed by atoms with Gasteiger partial charge in [-0.05, 0) is 53.2 Å². The van der Waals surface area contributed by atoms with Crippen LogP contribution in [-0.4, -0.2) is 11.1 Å². The van der Waals surface area contributed by atoms with Gasteiger partial charge in [0.1, 0.15) is 0 Å². The first-order valence-corrected chi connectivity index (χ1v) is 8.99. The zero-order chi connectivity index (χ0) is 18.1. The van der Waals surface area contributed by atoms with E-state index in [2.05, 4.69) is 26.4 Å². The molecule has 0 unspecified atom stereocenters. The molecule has 3 aromatic carbocycles. The second-order valence-electron chi connectivity index (χ2n) is 5.71. The molecule has 4 rings (SSSR count). The third kappa shape index (κ3) is 3.36. The van der Waals surface area contributed by atoms with Crippen molar-refractivity contribution in [2.24, 2.45) is 0 Å². The van der Waals surface area contributed by atoms with Crippen LogP contribution in [0.2, 0.25) is 5.02 Å². The monoisotopic (exact) mass is 426 g/mol. The number of hydrogen-bond acceptors (Lipinski definition) is 3. The van der Waals surface area contributed by atoms with Crippen LogP contribution >= 0.6 is 27.5 Å². The molecule has 0 radical (unpaired) electrons. The Labute approximate surface area is 162 Å². The number of carbonyl (C=O) groups excluding carboxylic acids is 1. The summed E-state index contributed by atoms with van der Waals surface area (Å²) in [7, 11) is 0. The average Bonchev–Trinajstić information content (AvgIpc) is 3.13. The summed E-state index contributed by atoms with van der Waals surface area (Å²) in [6.07, 6.45) is 0. The second kappa shape index (κ2) is 6.94. The van der Waals surface area contributed by atoms with Crippen molar-refractivity contribution in [3.8, 4) is 11.3 Å². The molecule has 0 saturated heterocycles. The van der Waals surface area contributed by atoms with E-state index in [-0.39, 0.29) is 11.6 Å². The minimum Gasteiger partial charge on any atom is -0.355 e. The van der Waals surface area contributed by atoms with E-state index in [9.17, 15) is 4.79 Å². The van der Waals surface area contributed by atoms with Crippen LogP contribution in [0.1, 0.15) is 10.5 Å². The van der Waals surface area contributed by atoms with Gasteiger partial charge < -0.3 is 9.84 Å². The van der Waals surface area contributed by atoms with Gasteiger partial charge in [-0.3, -0.25) is 4.79 Å². The van der Waals surface area contributed by atoms with Gasteiger partial charge in [-0.15, -0.1) is 0 Å². The Morgan fingerprint density at radius 3 is 2.65 bits per heavy atom. The lowest BCUT2D eigenvalue weighted by Gasteiger charge is -2.06. The fraction of sp³-hybridized carbons (Fsp3) is 0. The molecule has 0 spiro atoms. The third-order valence-electron chi connectivity index (χ3n) is 3.96. The quantitative estimate of drug-likeness (QED) is 0.426. The molecule has 0 fully saturated rings. The minimum absolute atomic E-state index is 0.212. The number of benzene rings is 3. The van der Waals surface area contributed by atoms with Crippen molar-refractivity contribution in [3.05, 3.63) is 81.9 Å². The van der Waals surface area contributed by atoms with Crippen LogP contribution in [-0.2, 0) is 0 Å². The molecule has 1 aromatic heterocycles. The molecule has 1 amide bonds. The smallest absolute Gasteiger partial charge is 0.277 e. The van der Waals surface area contributed by atoms with E-state index in [1.54, 1.807) is 18.2 Å². The number of carbonyl (C=O) groups is 1. The fourth-order valence-electron chi connectivity index (χ4n) is 2.65. The van der Waals surface area contributed by atoms with Crippen LogP contribution in [0.5, 0.6) is 0 Å². The van der Waals surface area contributed by atoms with Gasteiger partial charge in [0.15, 0.2) is 11.5 Å². The fourth-order valence-corrected chi connectivity index (χ4v) is 3.29. The Morgan fingerprint density at radius 1 is 1.04 bits per heavy atom. The number of aromatic nitrogens is 1. The van der Waals surface area contributed by atoms with E-state index >= 15 is 0 Å². The Kier molecular flexibility index (Phi) is 4.49. The summed E-state index contributed by atoms with van der Waals surface area (Å²) in [6, 6.07) is 20.4. The summed E-state index contributed by atoms with van der Waals surface area (Å²) in [5, 5.41) is 9.45. The minimum atomic E-state index is -0.330. The van der Waals surface area contributed by atoms with Crippen LogP contribution < -0.4 is 5.32 Å². The average molecular weight is 428 g/mol. The van der Waals surface area contributed by atoms with E-state index in [4.69, 9.17) is 16.1 Å². The first-order valence-electron chi connectivity index (χ1n) is 7.82. The Balaban J connectivity index is 1.56. The molecular weight excluding hydrogens is 416 g/mol. The summed E-state index contributed by atoms with van der Waals surface area (Å²) in [6.45, 7) is 0. The molecule has 128 valence electrons. The highest BCUT2D eigenvalue weighted by atomic mass is 79.9. The van der Waals surface area contributed by atoms with E-state index < -0.39 is 0 Å². The zero-order valence-electron chi connectivity index (χ0n) is 13.4. The summed E-state index contributed by atoms with van der Waals surface area (Å²) >= 11 is 9.40. The lowest BCUT2D eigenvalue weighted by Crippen LogP contribution is -2.12. The van der Waals surface area contributed by atoms with Gasteiger partial charge in [0.2, 0.25) is 0 Å². The SMILES string of the molecule is O=C(Nc1ccc2c(Br)cccc2c1)c1cc(-c2ccc(Cl)cc2)on1. The maximum Gasteiger partial charge on any atom is 0.277 e. The number of anilines is 1. The van der Waals surface area contributed by atoms with Gasteiger partial charge in [0, 0.05) is 26.8 Å². The van der Waals surface area contributed by atoms with Crippen LogP contribution in [0, 0.1) is 0 Å². The Hall–Kier alpha value is -2.63. The standard InChI is InChI=1S/C20H12BrClN2O2/c21-17-3-1-2-13-10-15(8-9-16(13)17)23-20(25)18-11-19(26-24-18)12-4-6-14(22)7-5-12/h1-11H,(H,23,25). The highest BCUT2D eigenvalue weighted by Crippen LogP contribution is 2.27. The molecule has 1 heterocycles. The molecular formula is C20H12BrClN2O2. The van der Waals surface area contributed by atoms with Gasteiger partial charge in [0.25, 0.3) is 5.91 Å². The molecule has 6 heteroatoms. The molecule has 0 aliphatic carbocycles. The van der Waals surface area contributed by atoms with E-state index in [1.807, 2.05) is 48.5 Å². The number of nitrogens with zero attached hydrogens (tertiary/aromatic N) is 1. The zero-order valence-corrected chi connectivity index (χ0v) is 15.7. The molecule has 0 aliphatic rings. The van der Waals surface area contributed by atoms with Gasteiger partial charge in [-0.25, -0.2) is 0 Å². The molecule has 0 atom stereocenters. The van der Waals surface area contributed by atoms with Gasteiger partial charge in [-0.1, -0.05) is 50.9 Å². The van der Waals surface area contributed by atoms with Crippen molar-refractivity contribution in [1.82, 2.24) is 5.16 Å². The van der Waals surface area contributed by atoms with Crippen molar-refractivity contribution in [2.75, 3.05) is 5.32 Å². The Morgan fingerprint density at radius 2 is 1.85 bits per heavy atom. The Bertz CT molecular complexity index is 1110. The summed E-state index contributed by atoms with van der Waals surface area (Å²) in [5.41, 5.74) is 1.71. The van der Waals surface area contributed by atoms with Crippen molar-refractivity contribution >= 4 is 49.9 Å². The second-order valence-corrected chi connectivity index (χ2v) is 7.00. The molecule has 26 heavy (non-hydrogen) atoms. The van der Waals surface area contributed by atoms with E-state index in [1.165, 1.54) is 0 Å². The van der Waals surface area contributed by atoms with Gasteiger partial charge >= 0.3 is 0 Å². The number of hydrogen-bond donors (Lipinski definition) is 1. The van der Waals surface area contributed by atoms with Crippen LogP contribution in [0.15, 0.2) is 75.7 Å². The first-order chi connectivity index (χ1) is 12.6. The highest BCUT2D eigenvalue weighted by molar-refractivity contribution is 9.10. The third-order valence-corrected chi connectivity index (χ3v) is 4.90. The predicted octanol–water partition coefficient (Wildman–Crippen LogP) is 6.16. The number of halogens is 2. The van der Waals surface area contributed by atoms with Crippen LogP contribution in [0.3, 0.4) is 0 Å². The summed E-state index contributed by atoms with van der Waals surface area (Å²) in [5.74, 6) is 0.178. The maximum atomic E-state index is 12.5. The normalized spacial score (nSPS) is 10.8. The van der Waals surface area contributed by atoms with E-state index in [0.717, 1.165) is 20.8 Å². The van der Waals surface area contributed by atoms with Gasteiger partial charge in [0.05, 0.1) is 0 Å². The van der Waals surface area contributed by atoms with Crippen molar-refractivity contribution in [3.63, 3.8) is 0 Å². The predicted molar refractivity (Wildman–Crippen MR) is 107 cm³/mol. The first kappa shape index (κ1) is 16.8. The maximum absolute atomic E-state index is 12.5. The molecule has 0 aliphatic heterocycles. The summed E-state index contributed by atoms with van der Waals surface area (Å²) < 4.78 is 6.29. The van der Waals surface area contributed by atoms with E-state index in [0.29, 0.717) is 16.5 Å². The number of rotatable bonds is 3. The van der Waals surface area contributed by atoms with Gasteiger partial charge in [-0.2, -0.15) is 0 Å². The molecule has 0 saturated carbocycles. The topological polar surface area (TPSA) is 55.1 Å².